The van der Waals surface area contributed by atoms with Gasteiger partial charge in [0.2, 0.25) is 0 Å². The second kappa shape index (κ2) is 8.54. The van der Waals surface area contributed by atoms with Crippen molar-refractivity contribution in [2.75, 3.05) is 13.1 Å². The van der Waals surface area contributed by atoms with Crippen molar-refractivity contribution >= 4 is 16.7 Å². The number of benzene rings is 2. The number of H-pyrrole nitrogens is 1. The van der Waals surface area contributed by atoms with E-state index >= 15 is 0 Å². The van der Waals surface area contributed by atoms with Crippen LogP contribution in [0.2, 0.25) is 0 Å². The van der Waals surface area contributed by atoms with E-state index in [1.807, 2.05) is 6.20 Å². The second-order valence-electron chi connectivity index (χ2n) is 6.94. The molecule has 154 valence electrons. The van der Waals surface area contributed by atoms with Gasteiger partial charge in [0.25, 0.3) is 0 Å². The number of carbonyl (C=O) groups excluding carboxylic acids is 1. The Kier molecular flexibility index (Phi) is 5.67. The molecule has 4 rings (SSSR count). The number of aromatic amines is 1. The van der Waals surface area contributed by atoms with Crippen LogP contribution in [0.15, 0.2) is 53.2 Å². The van der Waals surface area contributed by atoms with E-state index in [1.54, 1.807) is 6.07 Å². The molecule has 0 bridgehead atoms. The molecule has 30 heavy (non-hydrogen) atoms. The van der Waals surface area contributed by atoms with Crippen LogP contribution in [-0.4, -0.2) is 29.0 Å². The fraction of sp³-hybridized carbons (Fsp3) is 0.182. The van der Waals surface area contributed by atoms with Gasteiger partial charge >= 0.3 is 0 Å². The van der Waals surface area contributed by atoms with E-state index in [0.29, 0.717) is 18.7 Å². The first-order valence-electron chi connectivity index (χ1n) is 9.38. The van der Waals surface area contributed by atoms with Gasteiger partial charge in [0.1, 0.15) is 23.2 Å². The standard InChI is InChI=1S/C22H18F3N3O2/c23-15-3-4-20-18(8-15)14(11-27-20)5-6-26-12-22(29)21-10-17(30-28-21)7-13-1-2-16(24)9-19(13)25/h1-4,8-11,26-27H,5-7,12H2. The summed E-state index contributed by atoms with van der Waals surface area (Å²) in [5.74, 6) is -1.60. The number of hydrogen-bond acceptors (Lipinski definition) is 4. The molecule has 4 aromatic rings. The molecule has 5 nitrogen and oxygen atoms in total. The lowest BCUT2D eigenvalue weighted by atomic mass is 10.1. The van der Waals surface area contributed by atoms with Crippen LogP contribution in [0.5, 0.6) is 0 Å². The lowest BCUT2D eigenvalue weighted by Gasteiger charge is -2.02. The minimum atomic E-state index is -0.682. The van der Waals surface area contributed by atoms with Crippen LogP contribution < -0.4 is 5.32 Å². The van der Waals surface area contributed by atoms with Gasteiger partial charge in [-0.05, 0) is 48.4 Å². The molecular weight excluding hydrogens is 395 g/mol. The predicted molar refractivity (Wildman–Crippen MR) is 105 cm³/mol. The van der Waals surface area contributed by atoms with Crippen molar-refractivity contribution in [3.63, 3.8) is 0 Å². The number of rotatable bonds is 8. The Morgan fingerprint density at radius 2 is 1.83 bits per heavy atom. The zero-order chi connectivity index (χ0) is 21.1. The zero-order valence-electron chi connectivity index (χ0n) is 15.8. The van der Waals surface area contributed by atoms with Crippen LogP contribution in [0, 0.1) is 17.5 Å². The Hall–Kier alpha value is -3.39. The van der Waals surface area contributed by atoms with E-state index in [0.717, 1.165) is 28.6 Å². The number of halogens is 3. The highest BCUT2D eigenvalue weighted by Gasteiger charge is 2.14. The quantitative estimate of drug-likeness (QED) is 0.336. The summed E-state index contributed by atoms with van der Waals surface area (Å²) in [6.45, 7) is 0.564. The molecule has 0 atom stereocenters. The monoisotopic (exact) mass is 413 g/mol. The molecule has 0 radical (unpaired) electrons. The molecule has 0 aliphatic carbocycles. The summed E-state index contributed by atoms with van der Waals surface area (Å²) in [7, 11) is 0. The number of hydrogen-bond donors (Lipinski definition) is 2. The van der Waals surface area contributed by atoms with E-state index in [1.165, 1.54) is 24.3 Å². The highest BCUT2D eigenvalue weighted by Crippen LogP contribution is 2.19. The number of aromatic nitrogens is 2. The van der Waals surface area contributed by atoms with Crippen LogP contribution in [0.25, 0.3) is 10.9 Å². The SMILES string of the molecule is O=C(CNCCc1c[nH]c2ccc(F)cc12)c1cc(Cc2ccc(F)cc2F)on1. The molecule has 0 saturated heterocycles. The first-order valence-corrected chi connectivity index (χ1v) is 9.38. The fourth-order valence-corrected chi connectivity index (χ4v) is 3.25. The largest absolute Gasteiger partial charge is 0.361 e. The maximum atomic E-state index is 13.7. The molecule has 8 heteroatoms. The van der Waals surface area contributed by atoms with Crippen molar-refractivity contribution in [2.45, 2.75) is 12.8 Å². The Morgan fingerprint density at radius 1 is 1.03 bits per heavy atom. The summed E-state index contributed by atoms with van der Waals surface area (Å²) in [5, 5.41) is 7.58. The zero-order valence-corrected chi connectivity index (χ0v) is 15.8. The molecule has 0 fully saturated rings. The summed E-state index contributed by atoms with van der Waals surface area (Å²) < 4.78 is 45.3. The minimum Gasteiger partial charge on any atom is -0.361 e. The van der Waals surface area contributed by atoms with Gasteiger partial charge in [-0.1, -0.05) is 11.2 Å². The van der Waals surface area contributed by atoms with E-state index in [-0.39, 0.29) is 35.8 Å². The van der Waals surface area contributed by atoms with Gasteiger partial charge in [-0.15, -0.1) is 0 Å². The van der Waals surface area contributed by atoms with E-state index < -0.39 is 11.6 Å². The fourth-order valence-electron chi connectivity index (χ4n) is 3.25. The molecule has 2 aromatic heterocycles. The Bertz CT molecular complexity index is 1200. The summed E-state index contributed by atoms with van der Waals surface area (Å²) in [6, 6.07) is 9.30. The number of fused-ring (bicyclic) bond motifs is 1. The average molecular weight is 413 g/mol. The molecule has 0 amide bonds. The van der Waals surface area contributed by atoms with Crippen molar-refractivity contribution < 1.29 is 22.5 Å². The topological polar surface area (TPSA) is 70.9 Å². The normalized spacial score (nSPS) is 11.3. The molecule has 0 saturated carbocycles. The van der Waals surface area contributed by atoms with Gasteiger partial charge < -0.3 is 14.8 Å². The van der Waals surface area contributed by atoms with Crippen molar-refractivity contribution in [2.24, 2.45) is 0 Å². The van der Waals surface area contributed by atoms with Crippen LogP contribution in [0.4, 0.5) is 13.2 Å². The number of carbonyl (C=O) groups is 1. The molecular formula is C22H18F3N3O2. The van der Waals surface area contributed by atoms with Crippen LogP contribution in [0.1, 0.15) is 27.4 Å². The molecule has 0 aliphatic heterocycles. The van der Waals surface area contributed by atoms with Gasteiger partial charge in [0, 0.05) is 35.7 Å². The van der Waals surface area contributed by atoms with Gasteiger partial charge in [0.15, 0.2) is 11.5 Å². The van der Waals surface area contributed by atoms with Gasteiger partial charge in [-0.25, -0.2) is 13.2 Å². The smallest absolute Gasteiger partial charge is 0.198 e. The average Bonchev–Trinajstić information content (AvgIpc) is 3.34. The first-order chi connectivity index (χ1) is 14.5. The van der Waals surface area contributed by atoms with Gasteiger partial charge in [0.05, 0.1) is 6.54 Å². The third-order valence-corrected chi connectivity index (χ3v) is 4.81. The molecule has 0 spiro atoms. The molecule has 0 aliphatic rings. The van der Waals surface area contributed by atoms with E-state index in [4.69, 9.17) is 4.52 Å². The van der Waals surface area contributed by atoms with Gasteiger partial charge in [-0.3, -0.25) is 4.79 Å². The number of nitrogens with zero attached hydrogens (tertiary/aromatic N) is 1. The number of nitrogens with one attached hydrogen (secondary N) is 2. The van der Waals surface area contributed by atoms with Crippen LogP contribution in [0.3, 0.4) is 0 Å². The van der Waals surface area contributed by atoms with E-state index in [2.05, 4.69) is 15.5 Å². The van der Waals surface area contributed by atoms with Gasteiger partial charge in [-0.2, -0.15) is 0 Å². The molecule has 2 N–H and O–H groups in total. The highest BCUT2D eigenvalue weighted by molar-refractivity contribution is 5.95. The Labute approximate surface area is 169 Å². The first kappa shape index (κ1) is 19.9. The summed E-state index contributed by atoms with van der Waals surface area (Å²) in [6.07, 6.45) is 2.51. The summed E-state index contributed by atoms with van der Waals surface area (Å²) >= 11 is 0. The maximum Gasteiger partial charge on any atom is 0.198 e. The van der Waals surface area contributed by atoms with Crippen LogP contribution in [-0.2, 0) is 12.8 Å². The van der Waals surface area contributed by atoms with Crippen molar-refractivity contribution in [3.8, 4) is 0 Å². The molecule has 0 unspecified atom stereocenters. The lowest BCUT2D eigenvalue weighted by Crippen LogP contribution is -2.25. The third-order valence-electron chi connectivity index (χ3n) is 4.81. The Morgan fingerprint density at radius 3 is 2.67 bits per heavy atom. The van der Waals surface area contributed by atoms with Crippen LogP contribution >= 0.6 is 0 Å². The third kappa shape index (κ3) is 4.44. The maximum absolute atomic E-state index is 13.7. The Balaban J connectivity index is 1.29. The predicted octanol–water partition coefficient (Wildman–Crippen LogP) is 4.18. The number of Topliss-reactive ketones (excluding diaryl/α,β-unsaturated/α-hetero) is 1. The van der Waals surface area contributed by atoms with Crippen molar-refractivity contribution in [1.29, 1.82) is 0 Å². The molecule has 2 aromatic carbocycles. The summed E-state index contributed by atoms with van der Waals surface area (Å²) in [4.78, 5) is 15.4. The molecule has 2 heterocycles. The summed E-state index contributed by atoms with van der Waals surface area (Å²) in [5.41, 5.74) is 2.19. The highest BCUT2D eigenvalue weighted by atomic mass is 19.1. The lowest BCUT2D eigenvalue weighted by molar-refractivity contribution is 0.0982. The number of ketones is 1. The van der Waals surface area contributed by atoms with Crippen molar-refractivity contribution in [1.82, 2.24) is 15.5 Å². The second-order valence-corrected chi connectivity index (χ2v) is 6.94. The van der Waals surface area contributed by atoms with Crippen molar-refractivity contribution in [3.05, 3.63) is 88.7 Å². The minimum absolute atomic E-state index is 0.0492. The van der Waals surface area contributed by atoms with E-state index in [9.17, 15) is 18.0 Å².